The van der Waals surface area contributed by atoms with Crippen molar-refractivity contribution in [2.45, 2.75) is 44.6 Å². The monoisotopic (exact) mass is 790 g/mol. The molecular formula is C32H33FI2N6O. The van der Waals surface area contributed by atoms with E-state index >= 15 is 4.39 Å². The van der Waals surface area contributed by atoms with Gasteiger partial charge in [0.25, 0.3) is 0 Å². The molecular weight excluding hydrogens is 757 g/mol. The summed E-state index contributed by atoms with van der Waals surface area (Å²) in [4.78, 5) is 16.7. The van der Waals surface area contributed by atoms with Gasteiger partial charge in [-0.3, -0.25) is 13.0 Å². The fraction of sp³-hybridized carbons (Fsp3) is 0.406. The average Bonchev–Trinajstić information content (AvgIpc) is 3.59. The molecule has 2 aliphatic heterocycles. The molecule has 0 aliphatic carbocycles. The van der Waals surface area contributed by atoms with E-state index in [1.54, 1.807) is 6.20 Å². The van der Waals surface area contributed by atoms with Gasteiger partial charge in [0.15, 0.2) is 11.6 Å². The first-order valence-electron chi connectivity index (χ1n) is 14.5. The molecule has 4 aromatic rings. The van der Waals surface area contributed by atoms with E-state index in [9.17, 15) is 0 Å². The first-order chi connectivity index (χ1) is 20.4. The zero-order valence-electron chi connectivity index (χ0n) is 23.6. The Kier molecular flexibility index (Phi) is 9.00. The van der Waals surface area contributed by atoms with Crippen molar-refractivity contribution in [1.82, 2.24) is 23.0 Å². The van der Waals surface area contributed by atoms with Gasteiger partial charge in [-0.05, 0) is 56.6 Å². The van der Waals surface area contributed by atoms with Crippen molar-refractivity contribution >= 4 is 73.2 Å². The summed E-state index contributed by atoms with van der Waals surface area (Å²) in [5.74, 6) is 2.85. The molecule has 218 valence electrons. The van der Waals surface area contributed by atoms with Gasteiger partial charge in [0.1, 0.15) is 17.8 Å². The fourth-order valence-electron chi connectivity index (χ4n) is 6.43. The highest BCUT2D eigenvalue weighted by molar-refractivity contribution is 14.1. The Labute approximate surface area is 274 Å². The van der Waals surface area contributed by atoms with Gasteiger partial charge in [-0.15, -0.1) is 6.42 Å². The summed E-state index contributed by atoms with van der Waals surface area (Å²) >= 11 is 4.60. The summed E-state index contributed by atoms with van der Waals surface area (Å²) in [6, 6.07) is 11.7. The largest absolute Gasteiger partial charge is 0.461 e. The van der Waals surface area contributed by atoms with E-state index in [0.717, 1.165) is 56.2 Å². The van der Waals surface area contributed by atoms with Crippen LogP contribution in [-0.2, 0) is 0 Å². The van der Waals surface area contributed by atoms with Crippen molar-refractivity contribution in [1.29, 1.82) is 0 Å². The first-order valence-corrected chi connectivity index (χ1v) is 16.4. The van der Waals surface area contributed by atoms with Crippen LogP contribution in [0.5, 0.6) is 6.01 Å². The maximum Gasteiger partial charge on any atom is 0.319 e. The minimum Gasteiger partial charge on any atom is -0.461 e. The SMILES string of the molecule is C#Cc1cccc2cccc(-c3ncc4c(N(I)CCN(I)CCC)nc(OCC56CCCN5CCC6)nc4c3F)c12. The smallest absolute Gasteiger partial charge is 0.319 e. The summed E-state index contributed by atoms with van der Waals surface area (Å²) in [6.07, 6.45) is 13.2. The van der Waals surface area contributed by atoms with Crippen molar-refractivity contribution in [3.8, 4) is 29.6 Å². The fourth-order valence-corrected chi connectivity index (χ4v) is 7.72. The minimum atomic E-state index is -0.506. The number of aromatic nitrogens is 3. The second-order valence-electron chi connectivity index (χ2n) is 11.1. The summed E-state index contributed by atoms with van der Waals surface area (Å²) in [5, 5.41) is 2.28. The Morgan fingerprint density at radius 2 is 1.83 bits per heavy atom. The molecule has 6 rings (SSSR count). The number of ether oxygens (including phenoxy) is 1. The average molecular weight is 790 g/mol. The lowest BCUT2D eigenvalue weighted by Crippen LogP contribution is -2.43. The zero-order chi connectivity index (χ0) is 29.3. The van der Waals surface area contributed by atoms with Gasteiger partial charge in [0, 0.05) is 65.2 Å². The van der Waals surface area contributed by atoms with E-state index in [-0.39, 0.29) is 22.8 Å². The number of anilines is 1. The van der Waals surface area contributed by atoms with Crippen LogP contribution < -0.4 is 7.85 Å². The van der Waals surface area contributed by atoms with Crippen LogP contribution >= 0.6 is 45.7 Å². The molecule has 42 heavy (non-hydrogen) atoms. The topological polar surface area (TPSA) is 57.6 Å². The van der Waals surface area contributed by atoms with Crippen LogP contribution in [0.25, 0.3) is 32.9 Å². The number of nitrogens with zero attached hydrogens (tertiary/aromatic N) is 6. The molecule has 2 fully saturated rings. The van der Waals surface area contributed by atoms with E-state index in [4.69, 9.17) is 16.1 Å². The summed E-state index contributed by atoms with van der Waals surface area (Å²) in [6.45, 7) is 7.40. The van der Waals surface area contributed by atoms with E-state index in [1.807, 2.05) is 39.5 Å². The third-order valence-corrected chi connectivity index (χ3v) is 10.4. The van der Waals surface area contributed by atoms with E-state index in [1.165, 1.54) is 12.8 Å². The molecule has 0 bridgehead atoms. The van der Waals surface area contributed by atoms with Gasteiger partial charge in [0.05, 0.1) is 33.8 Å². The third-order valence-electron chi connectivity index (χ3n) is 8.47. The maximum atomic E-state index is 16.6. The number of fused-ring (bicyclic) bond motifs is 3. The molecule has 0 spiro atoms. The lowest BCUT2D eigenvalue weighted by atomic mass is 9.95. The highest BCUT2D eigenvalue weighted by Crippen LogP contribution is 2.40. The van der Waals surface area contributed by atoms with Crippen LogP contribution in [0.15, 0.2) is 42.6 Å². The van der Waals surface area contributed by atoms with Crippen molar-refractivity contribution in [3.63, 3.8) is 0 Å². The molecule has 0 radical (unpaired) electrons. The molecule has 2 saturated heterocycles. The highest BCUT2D eigenvalue weighted by atomic mass is 127. The van der Waals surface area contributed by atoms with Crippen LogP contribution in [0.2, 0.25) is 0 Å². The molecule has 0 atom stereocenters. The molecule has 0 saturated carbocycles. The zero-order valence-corrected chi connectivity index (χ0v) is 27.9. The van der Waals surface area contributed by atoms with E-state index < -0.39 is 5.82 Å². The molecule has 2 aromatic heterocycles. The predicted octanol–water partition coefficient (Wildman–Crippen LogP) is 7.19. The van der Waals surface area contributed by atoms with Crippen LogP contribution in [0.3, 0.4) is 0 Å². The first kappa shape index (κ1) is 29.7. The Morgan fingerprint density at radius 3 is 2.57 bits per heavy atom. The third kappa shape index (κ3) is 5.65. The number of hydrogen-bond acceptors (Lipinski definition) is 7. The van der Waals surface area contributed by atoms with Crippen LogP contribution in [0.1, 0.15) is 44.6 Å². The molecule has 4 heterocycles. The Morgan fingerprint density at radius 1 is 1.07 bits per heavy atom. The summed E-state index contributed by atoms with van der Waals surface area (Å²) < 4.78 is 27.2. The maximum absolute atomic E-state index is 16.6. The van der Waals surface area contributed by atoms with Gasteiger partial charge >= 0.3 is 6.01 Å². The lowest BCUT2D eigenvalue weighted by Gasteiger charge is -2.31. The number of rotatable bonds is 10. The number of benzene rings is 2. The Balaban J connectivity index is 1.44. The Hall–Kier alpha value is -2.34. The van der Waals surface area contributed by atoms with Gasteiger partial charge < -0.3 is 4.74 Å². The number of halogens is 3. The van der Waals surface area contributed by atoms with Crippen molar-refractivity contribution in [2.24, 2.45) is 0 Å². The molecule has 0 N–H and O–H groups in total. The number of pyridine rings is 1. The van der Waals surface area contributed by atoms with Gasteiger partial charge in [0.2, 0.25) is 0 Å². The Bertz CT molecular complexity index is 1640. The van der Waals surface area contributed by atoms with Gasteiger partial charge in [-0.2, -0.15) is 9.97 Å². The molecule has 10 heteroatoms. The van der Waals surface area contributed by atoms with Gasteiger partial charge in [-0.25, -0.2) is 7.50 Å². The molecule has 2 aliphatic rings. The molecule has 0 unspecified atom stereocenters. The van der Waals surface area contributed by atoms with Crippen LogP contribution in [-0.4, -0.2) is 67.8 Å². The summed E-state index contributed by atoms with van der Waals surface area (Å²) in [5.41, 5.74) is 1.78. The van der Waals surface area contributed by atoms with E-state index in [2.05, 4.69) is 76.6 Å². The summed E-state index contributed by atoms with van der Waals surface area (Å²) in [7, 11) is 0. The quantitative estimate of drug-likeness (QED) is 0.0959. The van der Waals surface area contributed by atoms with Crippen molar-refractivity contribution < 1.29 is 9.13 Å². The molecule has 0 amide bonds. The van der Waals surface area contributed by atoms with Crippen LogP contribution in [0.4, 0.5) is 10.2 Å². The predicted molar refractivity (Wildman–Crippen MR) is 184 cm³/mol. The van der Waals surface area contributed by atoms with E-state index in [0.29, 0.717) is 35.5 Å². The second-order valence-corrected chi connectivity index (χ2v) is 13.6. The molecule has 7 nitrogen and oxygen atoms in total. The van der Waals surface area contributed by atoms with Crippen molar-refractivity contribution in [2.75, 3.05) is 42.4 Å². The van der Waals surface area contributed by atoms with Gasteiger partial charge in [-0.1, -0.05) is 43.2 Å². The normalized spacial score (nSPS) is 16.3. The second kappa shape index (κ2) is 12.7. The van der Waals surface area contributed by atoms with Crippen molar-refractivity contribution in [3.05, 3.63) is 54.0 Å². The minimum absolute atomic E-state index is 0.0287. The lowest BCUT2D eigenvalue weighted by molar-refractivity contribution is 0.108. The molecule has 2 aromatic carbocycles. The highest BCUT2D eigenvalue weighted by Gasteiger charge is 2.45. The number of terminal acetylenes is 1. The standard InChI is InChI=1S/C32H33FI2N6O/c1-3-15-40(34)18-19-41(35)30-25-20-36-28(24-12-6-11-23-10-5-9-22(4-2)26(23)24)27(33)29(25)37-31(38-30)42-21-32-13-7-16-39(32)17-8-14-32/h2,5-6,9-12,20H,3,7-8,13-19,21H2,1H3. The number of hydrogen-bond donors (Lipinski definition) is 0. The van der Waals surface area contributed by atoms with Crippen LogP contribution in [0, 0.1) is 18.2 Å².